The molecule has 0 aromatic heterocycles. The lowest BCUT2D eigenvalue weighted by Gasteiger charge is -2.05. The van der Waals surface area contributed by atoms with Crippen molar-refractivity contribution in [3.8, 4) is 16.9 Å². The average Bonchev–Trinajstić information content (AvgIpc) is 2.23. The summed E-state index contributed by atoms with van der Waals surface area (Å²) in [6, 6.07) is 13.7. The number of hydrogen-bond donors (Lipinski definition) is 1. The van der Waals surface area contributed by atoms with E-state index in [1.165, 1.54) is 16.7 Å². The molecular weight excluding hydrogens is 184 g/mol. The van der Waals surface area contributed by atoms with Crippen molar-refractivity contribution in [3.63, 3.8) is 0 Å². The molecule has 76 valence electrons. The molecule has 0 saturated heterocycles. The van der Waals surface area contributed by atoms with Gasteiger partial charge in [0.2, 0.25) is 0 Å². The van der Waals surface area contributed by atoms with Crippen LogP contribution in [0.5, 0.6) is 5.75 Å². The molecule has 0 radical (unpaired) electrons. The third-order valence-electron chi connectivity index (χ3n) is 2.71. The zero-order valence-electron chi connectivity index (χ0n) is 8.99. The molecule has 0 atom stereocenters. The van der Waals surface area contributed by atoms with Crippen LogP contribution in [-0.4, -0.2) is 5.11 Å². The fraction of sp³-hybridized carbons (Fsp3) is 0.143. The van der Waals surface area contributed by atoms with E-state index in [2.05, 4.69) is 32.0 Å². The number of phenols is 1. The molecule has 15 heavy (non-hydrogen) atoms. The van der Waals surface area contributed by atoms with Crippen molar-refractivity contribution in [2.45, 2.75) is 13.8 Å². The van der Waals surface area contributed by atoms with E-state index in [0.717, 1.165) is 5.56 Å². The third-order valence-corrected chi connectivity index (χ3v) is 2.71. The topological polar surface area (TPSA) is 20.2 Å². The molecule has 0 unspecified atom stereocenters. The van der Waals surface area contributed by atoms with Crippen molar-refractivity contribution >= 4 is 0 Å². The number of benzene rings is 2. The van der Waals surface area contributed by atoms with E-state index in [1.807, 2.05) is 12.1 Å². The molecule has 0 amide bonds. The van der Waals surface area contributed by atoms with E-state index < -0.39 is 0 Å². The van der Waals surface area contributed by atoms with Crippen LogP contribution in [0.3, 0.4) is 0 Å². The Morgan fingerprint density at radius 1 is 0.733 bits per heavy atom. The van der Waals surface area contributed by atoms with Crippen molar-refractivity contribution in [3.05, 3.63) is 53.6 Å². The van der Waals surface area contributed by atoms with E-state index in [9.17, 15) is 5.11 Å². The second kappa shape index (κ2) is 3.77. The summed E-state index contributed by atoms with van der Waals surface area (Å²) in [5, 5.41) is 9.20. The molecule has 1 nitrogen and oxygen atoms in total. The summed E-state index contributed by atoms with van der Waals surface area (Å²) < 4.78 is 0. The fourth-order valence-corrected chi connectivity index (χ4v) is 1.57. The molecule has 1 heteroatoms. The first-order chi connectivity index (χ1) is 7.16. The van der Waals surface area contributed by atoms with Gasteiger partial charge in [0.05, 0.1) is 0 Å². The van der Waals surface area contributed by atoms with Crippen molar-refractivity contribution in [1.29, 1.82) is 0 Å². The van der Waals surface area contributed by atoms with E-state index in [1.54, 1.807) is 12.1 Å². The molecule has 2 aromatic carbocycles. The number of hydrogen-bond acceptors (Lipinski definition) is 1. The van der Waals surface area contributed by atoms with Crippen molar-refractivity contribution < 1.29 is 5.11 Å². The minimum Gasteiger partial charge on any atom is -0.508 e. The second-order valence-corrected chi connectivity index (χ2v) is 3.85. The van der Waals surface area contributed by atoms with Crippen LogP contribution in [0.2, 0.25) is 0 Å². The van der Waals surface area contributed by atoms with Crippen LogP contribution < -0.4 is 0 Å². The third kappa shape index (κ3) is 2.01. The Kier molecular flexibility index (Phi) is 2.46. The summed E-state index contributed by atoms with van der Waals surface area (Å²) in [7, 11) is 0. The first-order valence-electron chi connectivity index (χ1n) is 5.03. The summed E-state index contributed by atoms with van der Waals surface area (Å²) in [5.41, 5.74) is 4.92. The summed E-state index contributed by atoms with van der Waals surface area (Å²) in [4.78, 5) is 0. The van der Waals surface area contributed by atoms with Gasteiger partial charge in [0.25, 0.3) is 0 Å². The van der Waals surface area contributed by atoms with Crippen LogP contribution in [0, 0.1) is 13.8 Å². The minimum atomic E-state index is 0.308. The molecule has 0 aliphatic rings. The maximum Gasteiger partial charge on any atom is 0.115 e. The van der Waals surface area contributed by atoms with Crippen molar-refractivity contribution in [2.75, 3.05) is 0 Å². The normalized spacial score (nSPS) is 10.3. The van der Waals surface area contributed by atoms with Gasteiger partial charge in [-0.25, -0.2) is 0 Å². The largest absolute Gasteiger partial charge is 0.508 e. The lowest BCUT2D eigenvalue weighted by molar-refractivity contribution is 0.475. The Morgan fingerprint density at radius 2 is 1.33 bits per heavy atom. The maximum absolute atomic E-state index is 9.20. The summed E-state index contributed by atoms with van der Waals surface area (Å²) in [6.07, 6.45) is 0. The molecule has 2 rings (SSSR count). The summed E-state index contributed by atoms with van der Waals surface area (Å²) >= 11 is 0. The van der Waals surface area contributed by atoms with E-state index in [4.69, 9.17) is 0 Å². The molecule has 2 aromatic rings. The molecule has 0 aliphatic heterocycles. The Balaban J connectivity index is 2.45. The average molecular weight is 198 g/mol. The molecule has 0 spiro atoms. The molecule has 0 heterocycles. The standard InChI is InChI=1S/C14H14O/c1-10-3-4-13(9-11(10)2)12-5-7-14(15)8-6-12/h3-9,15H,1-2H3. The second-order valence-electron chi connectivity index (χ2n) is 3.85. The highest BCUT2D eigenvalue weighted by molar-refractivity contribution is 5.65. The highest BCUT2D eigenvalue weighted by Crippen LogP contribution is 2.23. The van der Waals surface area contributed by atoms with Crippen LogP contribution in [-0.2, 0) is 0 Å². The zero-order valence-corrected chi connectivity index (χ0v) is 8.99. The van der Waals surface area contributed by atoms with Crippen LogP contribution in [0.15, 0.2) is 42.5 Å². The van der Waals surface area contributed by atoms with Gasteiger partial charge < -0.3 is 5.11 Å². The van der Waals surface area contributed by atoms with Gasteiger partial charge in [-0.2, -0.15) is 0 Å². The van der Waals surface area contributed by atoms with Crippen LogP contribution in [0.25, 0.3) is 11.1 Å². The summed E-state index contributed by atoms with van der Waals surface area (Å²) in [5.74, 6) is 0.308. The first kappa shape index (κ1) is 9.78. The van der Waals surface area contributed by atoms with Crippen LogP contribution >= 0.6 is 0 Å². The van der Waals surface area contributed by atoms with Gasteiger partial charge in [-0.1, -0.05) is 30.3 Å². The molecule has 0 saturated carbocycles. The van der Waals surface area contributed by atoms with E-state index >= 15 is 0 Å². The Hall–Kier alpha value is -1.76. The van der Waals surface area contributed by atoms with Gasteiger partial charge in [0, 0.05) is 0 Å². The number of aryl methyl sites for hydroxylation is 2. The smallest absolute Gasteiger partial charge is 0.115 e. The lowest BCUT2D eigenvalue weighted by Crippen LogP contribution is -1.83. The van der Waals surface area contributed by atoms with Crippen molar-refractivity contribution in [2.24, 2.45) is 0 Å². The lowest BCUT2D eigenvalue weighted by atomic mass is 10.0. The highest BCUT2D eigenvalue weighted by atomic mass is 16.3. The zero-order chi connectivity index (χ0) is 10.8. The van der Waals surface area contributed by atoms with Gasteiger partial charge >= 0.3 is 0 Å². The molecule has 0 aliphatic carbocycles. The highest BCUT2D eigenvalue weighted by Gasteiger charge is 1.99. The van der Waals surface area contributed by atoms with Gasteiger partial charge in [0.1, 0.15) is 5.75 Å². The number of aromatic hydroxyl groups is 1. The Labute approximate surface area is 90.0 Å². The van der Waals surface area contributed by atoms with Crippen LogP contribution in [0.1, 0.15) is 11.1 Å². The first-order valence-corrected chi connectivity index (χ1v) is 5.03. The van der Waals surface area contributed by atoms with Gasteiger partial charge in [-0.15, -0.1) is 0 Å². The SMILES string of the molecule is Cc1ccc(-c2ccc(O)cc2)cc1C. The monoisotopic (exact) mass is 198 g/mol. The molecule has 0 fully saturated rings. The Bertz CT molecular complexity index is 469. The van der Waals surface area contributed by atoms with E-state index in [-0.39, 0.29) is 0 Å². The summed E-state index contributed by atoms with van der Waals surface area (Å²) in [6.45, 7) is 4.22. The fourth-order valence-electron chi connectivity index (χ4n) is 1.57. The van der Waals surface area contributed by atoms with E-state index in [0.29, 0.717) is 5.75 Å². The van der Waals surface area contributed by atoms with Crippen LogP contribution in [0.4, 0.5) is 0 Å². The van der Waals surface area contributed by atoms with Gasteiger partial charge in [0.15, 0.2) is 0 Å². The quantitative estimate of drug-likeness (QED) is 0.741. The van der Waals surface area contributed by atoms with Gasteiger partial charge in [-0.3, -0.25) is 0 Å². The molecule has 1 N–H and O–H groups in total. The van der Waals surface area contributed by atoms with Crippen molar-refractivity contribution in [1.82, 2.24) is 0 Å². The number of rotatable bonds is 1. The molecule has 0 bridgehead atoms. The molecular formula is C14H14O. The predicted octanol–water partition coefficient (Wildman–Crippen LogP) is 3.68. The minimum absolute atomic E-state index is 0.308. The Morgan fingerprint density at radius 3 is 1.93 bits per heavy atom. The number of phenolic OH excluding ortho intramolecular Hbond substituents is 1. The maximum atomic E-state index is 9.20. The van der Waals surface area contributed by atoms with Gasteiger partial charge in [-0.05, 0) is 48.2 Å². The predicted molar refractivity (Wildman–Crippen MR) is 63.0 cm³/mol.